The third kappa shape index (κ3) is 3.95. The van der Waals surface area contributed by atoms with E-state index in [9.17, 15) is 0 Å². The first kappa shape index (κ1) is 13.8. The second-order valence-corrected chi connectivity index (χ2v) is 6.40. The number of anilines is 1. The topological polar surface area (TPSA) is 28.2 Å². The van der Waals surface area contributed by atoms with Crippen LogP contribution in [0.15, 0.2) is 6.20 Å². The Bertz CT molecular complexity index is 351. The molecule has 1 aliphatic heterocycles. The molecule has 3 nitrogen and oxygen atoms in total. The van der Waals surface area contributed by atoms with Gasteiger partial charge < -0.3 is 10.2 Å². The van der Waals surface area contributed by atoms with Crippen LogP contribution in [-0.4, -0.2) is 24.6 Å². The second-order valence-electron chi connectivity index (χ2n) is 5.31. The van der Waals surface area contributed by atoms with E-state index in [0.29, 0.717) is 0 Å². The van der Waals surface area contributed by atoms with Gasteiger partial charge >= 0.3 is 0 Å². The average molecular weight is 267 g/mol. The van der Waals surface area contributed by atoms with Crippen LogP contribution in [0.5, 0.6) is 0 Å². The van der Waals surface area contributed by atoms with Crippen LogP contribution in [0, 0.1) is 5.92 Å². The van der Waals surface area contributed by atoms with E-state index >= 15 is 0 Å². The summed E-state index contributed by atoms with van der Waals surface area (Å²) < 4.78 is 0. The summed E-state index contributed by atoms with van der Waals surface area (Å²) in [5.41, 5.74) is 0. The molecule has 0 amide bonds. The van der Waals surface area contributed by atoms with Gasteiger partial charge in [-0.25, -0.2) is 4.98 Å². The zero-order valence-electron chi connectivity index (χ0n) is 11.6. The number of hydrogen-bond donors (Lipinski definition) is 1. The number of aromatic nitrogens is 1. The zero-order valence-corrected chi connectivity index (χ0v) is 12.4. The van der Waals surface area contributed by atoms with E-state index < -0.39 is 0 Å². The molecule has 1 fully saturated rings. The van der Waals surface area contributed by atoms with Gasteiger partial charge in [-0.15, -0.1) is 11.3 Å². The van der Waals surface area contributed by atoms with E-state index in [1.807, 2.05) is 17.5 Å². The second kappa shape index (κ2) is 7.10. The quantitative estimate of drug-likeness (QED) is 0.830. The molecule has 0 bridgehead atoms. The summed E-state index contributed by atoms with van der Waals surface area (Å²) in [5, 5.41) is 4.66. The van der Waals surface area contributed by atoms with E-state index in [2.05, 4.69) is 29.0 Å². The van der Waals surface area contributed by atoms with Crippen LogP contribution >= 0.6 is 11.3 Å². The molecule has 18 heavy (non-hydrogen) atoms. The van der Waals surface area contributed by atoms with Gasteiger partial charge in [-0.3, -0.25) is 0 Å². The summed E-state index contributed by atoms with van der Waals surface area (Å²) in [6.07, 6.45) is 7.21. The zero-order chi connectivity index (χ0) is 12.8. The van der Waals surface area contributed by atoms with Crippen LogP contribution in [0.4, 0.5) is 5.13 Å². The van der Waals surface area contributed by atoms with Crippen molar-refractivity contribution in [3.05, 3.63) is 11.1 Å². The molecule has 0 spiro atoms. The lowest BCUT2D eigenvalue weighted by molar-refractivity contribution is 0.521. The molecule has 1 unspecified atom stereocenters. The van der Waals surface area contributed by atoms with Gasteiger partial charge in [0.15, 0.2) is 5.13 Å². The molecule has 2 heterocycles. The molecule has 0 saturated carbocycles. The monoisotopic (exact) mass is 267 g/mol. The van der Waals surface area contributed by atoms with Crippen LogP contribution in [0.2, 0.25) is 0 Å². The van der Waals surface area contributed by atoms with Crippen molar-refractivity contribution in [2.24, 2.45) is 5.92 Å². The molecule has 2 rings (SSSR count). The lowest BCUT2D eigenvalue weighted by Crippen LogP contribution is -2.23. The fourth-order valence-electron chi connectivity index (χ4n) is 2.37. The minimum absolute atomic E-state index is 0.876. The van der Waals surface area contributed by atoms with Gasteiger partial charge in [0.05, 0.1) is 0 Å². The molecule has 1 aliphatic rings. The maximum atomic E-state index is 4.59. The number of nitrogens with one attached hydrogen (secondary N) is 1. The van der Waals surface area contributed by atoms with Crippen LogP contribution in [-0.2, 0) is 6.54 Å². The largest absolute Gasteiger partial charge is 0.348 e. The summed E-state index contributed by atoms with van der Waals surface area (Å²) in [7, 11) is 0. The number of rotatable bonds is 5. The average Bonchev–Trinajstić information content (AvgIpc) is 2.72. The number of hydrogen-bond acceptors (Lipinski definition) is 4. The fraction of sp³-hybridized carbons (Fsp3) is 0.786. The van der Waals surface area contributed by atoms with Crippen LogP contribution in [0.1, 0.15) is 44.4 Å². The Morgan fingerprint density at radius 1 is 1.44 bits per heavy atom. The Kier molecular flexibility index (Phi) is 5.45. The van der Waals surface area contributed by atoms with Crippen LogP contribution < -0.4 is 10.2 Å². The third-order valence-corrected chi connectivity index (χ3v) is 4.61. The number of nitrogens with zero attached hydrogens (tertiary/aromatic N) is 2. The smallest absolute Gasteiger partial charge is 0.185 e. The van der Waals surface area contributed by atoms with Crippen molar-refractivity contribution in [2.45, 2.75) is 46.1 Å². The lowest BCUT2D eigenvalue weighted by Gasteiger charge is -2.18. The lowest BCUT2D eigenvalue weighted by atomic mass is 10.0. The highest BCUT2D eigenvalue weighted by molar-refractivity contribution is 7.15. The minimum atomic E-state index is 0.876. The first-order valence-electron chi connectivity index (χ1n) is 7.20. The molecule has 0 radical (unpaired) electrons. The van der Waals surface area contributed by atoms with Gasteiger partial charge in [0, 0.05) is 30.7 Å². The fourth-order valence-corrected chi connectivity index (χ4v) is 3.30. The van der Waals surface area contributed by atoms with E-state index in [4.69, 9.17) is 0 Å². The number of thiazole rings is 1. The summed E-state index contributed by atoms with van der Waals surface area (Å²) in [6, 6.07) is 0. The molecule has 1 aromatic rings. The molecule has 4 heteroatoms. The minimum Gasteiger partial charge on any atom is -0.348 e. The maximum Gasteiger partial charge on any atom is 0.185 e. The van der Waals surface area contributed by atoms with E-state index in [1.165, 1.54) is 48.8 Å². The third-order valence-electron chi connectivity index (χ3n) is 3.55. The highest BCUT2D eigenvalue weighted by Gasteiger charge is 2.16. The van der Waals surface area contributed by atoms with Gasteiger partial charge in [-0.05, 0) is 38.1 Å². The maximum absolute atomic E-state index is 4.59. The Labute approximate surface area is 115 Å². The molecule has 102 valence electrons. The molecule has 0 aromatic carbocycles. The van der Waals surface area contributed by atoms with Crippen molar-refractivity contribution >= 4 is 16.5 Å². The Hall–Kier alpha value is -0.610. The van der Waals surface area contributed by atoms with E-state index in [1.54, 1.807) is 0 Å². The van der Waals surface area contributed by atoms with Gasteiger partial charge in [0.2, 0.25) is 0 Å². The summed E-state index contributed by atoms with van der Waals surface area (Å²) in [4.78, 5) is 8.42. The molecular formula is C14H25N3S. The highest BCUT2D eigenvalue weighted by atomic mass is 32.1. The summed E-state index contributed by atoms with van der Waals surface area (Å²) in [5.74, 6) is 0.876. The SMILES string of the molecule is CCCNCc1cnc(N2CCCC(C)CC2)s1. The van der Waals surface area contributed by atoms with Crippen LogP contribution in [0.3, 0.4) is 0 Å². The van der Waals surface area contributed by atoms with Crippen molar-refractivity contribution in [3.8, 4) is 0 Å². The van der Waals surface area contributed by atoms with Crippen molar-refractivity contribution in [2.75, 3.05) is 24.5 Å². The van der Waals surface area contributed by atoms with Crippen molar-refractivity contribution in [1.29, 1.82) is 0 Å². The van der Waals surface area contributed by atoms with Crippen molar-refractivity contribution in [3.63, 3.8) is 0 Å². The van der Waals surface area contributed by atoms with Crippen molar-refractivity contribution in [1.82, 2.24) is 10.3 Å². The Morgan fingerprint density at radius 3 is 3.17 bits per heavy atom. The summed E-state index contributed by atoms with van der Waals surface area (Å²) >= 11 is 1.85. The molecule has 1 atom stereocenters. The van der Waals surface area contributed by atoms with Gasteiger partial charge in [0.25, 0.3) is 0 Å². The standard InChI is InChI=1S/C14H25N3S/c1-3-7-15-10-13-11-16-14(18-13)17-8-4-5-12(2)6-9-17/h11-12,15H,3-10H2,1-2H3. The van der Waals surface area contributed by atoms with E-state index in [-0.39, 0.29) is 0 Å². The Morgan fingerprint density at radius 2 is 2.33 bits per heavy atom. The first-order valence-corrected chi connectivity index (χ1v) is 8.01. The van der Waals surface area contributed by atoms with Gasteiger partial charge in [0.1, 0.15) is 0 Å². The van der Waals surface area contributed by atoms with E-state index in [0.717, 1.165) is 19.0 Å². The predicted octanol–water partition coefficient (Wildman–Crippen LogP) is 3.27. The summed E-state index contributed by atoms with van der Waals surface area (Å²) in [6.45, 7) is 8.98. The molecule has 1 aromatic heterocycles. The molecular weight excluding hydrogens is 242 g/mol. The normalized spacial score (nSPS) is 21.0. The first-order chi connectivity index (χ1) is 8.79. The molecule has 0 aliphatic carbocycles. The van der Waals surface area contributed by atoms with Crippen molar-refractivity contribution < 1.29 is 0 Å². The Balaban J connectivity index is 1.88. The van der Waals surface area contributed by atoms with Gasteiger partial charge in [-0.2, -0.15) is 0 Å². The predicted molar refractivity (Wildman–Crippen MR) is 79.3 cm³/mol. The van der Waals surface area contributed by atoms with Gasteiger partial charge in [-0.1, -0.05) is 13.8 Å². The molecule has 1 N–H and O–H groups in total. The van der Waals surface area contributed by atoms with Crippen LogP contribution in [0.25, 0.3) is 0 Å². The highest BCUT2D eigenvalue weighted by Crippen LogP contribution is 2.26. The molecule has 1 saturated heterocycles.